The van der Waals surface area contributed by atoms with Crippen LogP contribution in [0.1, 0.15) is 212 Å². The molecule has 1 saturated heterocycles. The van der Waals surface area contributed by atoms with Gasteiger partial charge in [0.1, 0.15) is 18.4 Å². The number of aromatic nitrogens is 2. The van der Waals surface area contributed by atoms with Crippen LogP contribution in [0, 0.1) is 6.92 Å². The second-order valence-corrected chi connectivity index (χ2v) is 16.1. The molecule has 9 heteroatoms. The van der Waals surface area contributed by atoms with Crippen molar-refractivity contribution in [2.75, 3.05) is 0 Å². The van der Waals surface area contributed by atoms with Gasteiger partial charge < -0.3 is 14.9 Å². The first-order chi connectivity index (χ1) is 26.7. The molecule has 0 amide bonds. The van der Waals surface area contributed by atoms with Crippen LogP contribution < -0.4 is 11.2 Å². The minimum atomic E-state index is -2.15. The van der Waals surface area contributed by atoms with E-state index in [4.69, 9.17) is 4.74 Å². The van der Waals surface area contributed by atoms with Gasteiger partial charge in [0.25, 0.3) is 5.56 Å². The van der Waals surface area contributed by atoms with E-state index in [0.717, 1.165) is 81.6 Å². The molecule has 0 aliphatic carbocycles. The largest absolute Gasteiger partial charge is 0.382 e. The molecule has 1 unspecified atom stereocenters. The Kier molecular flexibility index (Phi) is 26.1. The number of Topliss-reactive ketones (excluding diaryl/α,β-unsaturated/α-hetero) is 2. The Morgan fingerprint density at radius 3 is 1.62 bits per heavy atom. The number of rotatable bonds is 34. The molecule has 0 saturated carbocycles. The van der Waals surface area contributed by atoms with Crippen LogP contribution in [0.2, 0.25) is 0 Å². The lowest BCUT2D eigenvalue weighted by Gasteiger charge is -2.29. The highest BCUT2D eigenvalue weighted by Crippen LogP contribution is 2.40. The molecule has 9 nitrogen and oxygen atoms in total. The third-order valence-electron chi connectivity index (χ3n) is 11.2. The van der Waals surface area contributed by atoms with Gasteiger partial charge in [-0.2, -0.15) is 0 Å². The van der Waals surface area contributed by atoms with Crippen LogP contribution in [0.3, 0.4) is 0 Å². The van der Waals surface area contributed by atoms with Gasteiger partial charge in [-0.15, -0.1) is 0 Å². The number of aryl methyl sites for hydroxylation is 1. The molecule has 1 aromatic heterocycles. The van der Waals surface area contributed by atoms with E-state index in [1.54, 1.807) is 0 Å². The zero-order valence-corrected chi connectivity index (χ0v) is 35.0. The number of ketones is 2. The predicted octanol–water partition coefficient (Wildman–Crippen LogP) is 10.4. The van der Waals surface area contributed by atoms with Crippen LogP contribution in [0.25, 0.3) is 0 Å². The van der Waals surface area contributed by atoms with Gasteiger partial charge in [-0.25, -0.2) is 4.79 Å². The lowest BCUT2D eigenvalue weighted by atomic mass is 9.83. The molecule has 0 radical (unpaired) electrons. The monoisotopic (exact) mass is 771 g/mol. The number of unbranched alkanes of at least 4 members (excludes halogenated alkanes) is 22. The van der Waals surface area contributed by atoms with Crippen LogP contribution in [0.15, 0.2) is 40.1 Å². The number of H-pyrrole nitrogens is 1. The molecule has 314 valence electrons. The number of aliphatic hydroxyl groups is 2. The van der Waals surface area contributed by atoms with Crippen LogP contribution in [0.5, 0.6) is 0 Å². The minimum absolute atomic E-state index is 0.0793. The Hall–Kier alpha value is -2.62. The quantitative estimate of drug-likeness (QED) is 0.0468. The lowest BCUT2D eigenvalue weighted by Crippen LogP contribution is -2.53. The number of nitrogens with zero attached hydrogens (tertiary/aromatic N) is 1. The van der Waals surface area contributed by atoms with Crippen molar-refractivity contribution in [3.63, 3.8) is 0 Å². The third-order valence-corrected chi connectivity index (χ3v) is 11.2. The topological polar surface area (TPSA) is 139 Å². The number of hydrogen-bond acceptors (Lipinski definition) is 7. The number of ether oxygens (including phenoxy) is 1. The number of nitrogens with one attached hydrogen (secondary N) is 1. The summed E-state index contributed by atoms with van der Waals surface area (Å²) in [6.45, 7) is 6.02. The highest BCUT2D eigenvalue weighted by molar-refractivity contribution is 5.91. The zero-order chi connectivity index (χ0) is 40.2. The average Bonchev–Trinajstić information content (AvgIpc) is 3.53. The Bertz CT molecular complexity index is 1360. The molecule has 1 aliphatic heterocycles. The number of aromatic amines is 1. The SMILES string of the molecule is CCCCCCCC/C=C\CCCCCCCC(=O)C(O)[C@H]1O[C@@H](n2cc(C)c(=O)[nH]c2=O)C[C@@]1(O)C(=O)CCCCCCC/C=C\CCCCCCCC. The molecular weight excluding hydrogens is 693 g/mol. The van der Waals surface area contributed by atoms with Gasteiger partial charge in [-0.1, -0.05) is 141 Å². The number of allylic oxidation sites excluding steroid dienone is 4. The van der Waals surface area contributed by atoms with Gasteiger partial charge in [0.2, 0.25) is 0 Å². The van der Waals surface area contributed by atoms with E-state index in [2.05, 4.69) is 43.1 Å². The summed E-state index contributed by atoms with van der Waals surface area (Å²) in [5.41, 5.74) is -3.17. The molecule has 0 aromatic carbocycles. The summed E-state index contributed by atoms with van der Waals surface area (Å²) >= 11 is 0. The van der Waals surface area contributed by atoms with E-state index in [-0.39, 0.29) is 24.8 Å². The third kappa shape index (κ3) is 19.4. The fourth-order valence-electron chi connectivity index (χ4n) is 7.54. The van der Waals surface area contributed by atoms with Gasteiger partial charge >= 0.3 is 5.69 Å². The van der Waals surface area contributed by atoms with E-state index in [0.29, 0.717) is 12.8 Å². The standard InChI is InChI=1S/C46H78N2O7/c1-4-6-8-10-12-14-16-18-20-22-24-26-28-30-32-34-39(49)42(51)43-46(54,36-41(55-43)48-37-38(3)44(52)47-45(48)53)40(50)35-33-31-29-27-25-23-21-19-17-15-13-11-9-7-5-2/h18-21,37,41-43,51,54H,4-17,22-36H2,1-3H3,(H,47,52,53)/b20-18-,21-19-/t41-,42?,43-,46-/m1/s1. The van der Waals surface area contributed by atoms with Gasteiger partial charge in [-0.05, 0) is 71.1 Å². The molecule has 2 heterocycles. The van der Waals surface area contributed by atoms with E-state index < -0.39 is 46.9 Å². The van der Waals surface area contributed by atoms with Crippen LogP contribution in [-0.2, 0) is 14.3 Å². The summed E-state index contributed by atoms with van der Waals surface area (Å²) < 4.78 is 7.11. The number of carbonyl (C=O) groups is 2. The van der Waals surface area contributed by atoms with Gasteiger partial charge in [0, 0.05) is 31.0 Å². The van der Waals surface area contributed by atoms with E-state index in [1.165, 1.54) is 90.2 Å². The summed E-state index contributed by atoms with van der Waals surface area (Å²) in [5.74, 6) is -0.986. The first kappa shape index (κ1) is 48.5. The molecule has 1 fully saturated rings. The summed E-state index contributed by atoms with van der Waals surface area (Å²) in [4.78, 5) is 53.7. The molecule has 0 bridgehead atoms. The van der Waals surface area contributed by atoms with Crippen LogP contribution in [-0.4, -0.2) is 49.1 Å². The zero-order valence-electron chi connectivity index (χ0n) is 35.0. The lowest BCUT2D eigenvalue weighted by molar-refractivity contribution is -0.160. The minimum Gasteiger partial charge on any atom is -0.382 e. The summed E-state index contributed by atoms with van der Waals surface area (Å²) in [6.07, 6.45) is 35.3. The second-order valence-electron chi connectivity index (χ2n) is 16.1. The fourth-order valence-corrected chi connectivity index (χ4v) is 7.54. The van der Waals surface area contributed by atoms with E-state index >= 15 is 0 Å². The first-order valence-electron chi connectivity index (χ1n) is 22.4. The number of aliphatic hydroxyl groups excluding tert-OH is 1. The first-order valence-corrected chi connectivity index (χ1v) is 22.4. The van der Waals surface area contributed by atoms with Crippen molar-refractivity contribution in [3.8, 4) is 0 Å². The fraction of sp³-hybridized carbons (Fsp3) is 0.783. The molecule has 55 heavy (non-hydrogen) atoms. The van der Waals surface area contributed by atoms with Gasteiger partial charge in [0.05, 0.1) is 0 Å². The maximum Gasteiger partial charge on any atom is 0.330 e. The van der Waals surface area contributed by atoms with Crippen LogP contribution in [0.4, 0.5) is 0 Å². The van der Waals surface area contributed by atoms with Crippen molar-refractivity contribution in [2.24, 2.45) is 0 Å². The second kappa shape index (κ2) is 29.6. The summed E-state index contributed by atoms with van der Waals surface area (Å²) in [5, 5.41) is 23.0. The maximum absolute atomic E-state index is 13.6. The van der Waals surface area contributed by atoms with E-state index in [9.17, 15) is 29.4 Å². The van der Waals surface area contributed by atoms with Crippen molar-refractivity contribution in [3.05, 3.63) is 56.9 Å². The predicted molar refractivity (Wildman–Crippen MR) is 224 cm³/mol. The average molecular weight is 771 g/mol. The van der Waals surface area contributed by atoms with Crippen molar-refractivity contribution in [1.29, 1.82) is 0 Å². The summed E-state index contributed by atoms with van der Waals surface area (Å²) in [6, 6.07) is 0. The molecule has 1 aliphatic rings. The smallest absolute Gasteiger partial charge is 0.330 e. The van der Waals surface area contributed by atoms with Crippen molar-refractivity contribution >= 4 is 11.6 Å². The van der Waals surface area contributed by atoms with Crippen molar-refractivity contribution < 1.29 is 24.5 Å². The Balaban J connectivity index is 1.80. The maximum atomic E-state index is 13.6. The molecule has 3 N–H and O–H groups in total. The Labute approximate surface area is 332 Å². The highest BCUT2D eigenvalue weighted by Gasteiger charge is 2.56. The summed E-state index contributed by atoms with van der Waals surface area (Å²) in [7, 11) is 0. The molecule has 1 aromatic rings. The molecule has 4 atom stereocenters. The highest BCUT2D eigenvalue weighted by atomic mass is 16.6. The van der Waals surface area contributed by atoms with Crippen molar-refractivity contribution in [2.45, 2.75) is 231 Å². The van der Waals surface area contributed by atoms with E-state index in [1.807, 2.05) is 0 Å². The van der Waals surface area contributed by atoms with Crippen LogP contribution >= 0.6 is 0 Å². The molecule has 2 rings (SSSR count). The number of carbonyl (C=O) groups excluding carboxylic acids is 2. The number of hydrogen-bond donors (Lipinski definition) is 3. The molecule has 0 spiro atoms. The molecular formula is C46H78N2O7. The normalized spacial score (nSPS) is 19.2. The Morgan fingerprint density at radius 1 is 0.727 bits per heavy atom. The van der Waals surface area contributed by atoms with Crippen molar-refractivity contribution in [1.82, 2.24) is 9.55 Å². The Morgan fingerprint density at radius 2 is 1.15 bits per heavy atom. The van der Waals surface area contributed by atoms with Gasteiger partial charge in [0.15, 0.2) is 17.2 Å². The van der Waals surface area contributed by atoms with Gasteiger partial charge in [-0.3, -0.25) is 23.9 Å².